The van der Waals surface area contributed by atoms with Crippen molar-refractivity contribution in [1.82, 2.24) is 9.88 Å². The predicted octanol–water partition coefficient (Wildman–Crippen LogP) is 2.71. The molecule has 1 aliphatic heterocycles. The van der Waals surface area contributed by atoms with Crippen LogP contribution in [0.1, 0.15) is 30.8 Å². The van der Waals surface area contributed by atoms with Gasteiger partial charge >= 0.3 is 0 Å². The highest BCUT2D eigenvalue weighted by molar-refractivity contribution is 9.10. The van der Waals surface area contributed by atoms with Crippen LogP contribution in [0.25, 0.3) is 0 Å². The number of pyridine rings is 1. The van der Waals surface area contributed by atoms with Gasteiger partial charge in [-0.05, 0) is 47.3 Å². The van der Waals surface area contributed by atoms with E-state index in [0.717, 1.165) is 17.4 Å². The highest BCUT2D eigenvalue weighted by Crippen LogP contribution is 2.25. The molecule has 3 nitrogen and oxygen atoms in total. The molecule has 0 aromatic carbocycles. The van der Waals surface area contributed by atoms with Crippen LogP contribution in [0.3, 0.4) is 0 Å². The monoisotopic (exact) mass is 282 g/mol. The van der Waals surface area contributed by atoms with Gasteiger partial charge in [-0.25, -0.2) is 4.98 Å². The largest absolute Gasteiger partial charge is 0.334 e. The van der Waals surface area contributed by atoms with Crippen LogP contribution in [0.15, 0.2) is 22.8 Å². The second-order valence-electron chi connectivity index (χ2n) is 4.48. The first-order valence-corrected chi connectivity index (χ1v) is 6.30. The number of aromatic nitrogens is 1. The topological polar surface area (TPSA) is 33.2 Å². The Labute approximate surface area is 104 Å². The van der Waals surface area contributed by atoms with E-state index in [4.69, 9.17) is 0 Å². The number of rotatable bonds is 1. The van der Waals surface area contributed by atoms with Crippen molar-refractivity contribution in [3.8, 4) is 0 Å². The molecule has 4 heteroatoms. The van der Waals surface area contributed by atoms with Crippen molar-refractivity contribution in [1.29, 1.82) is 0 Å². The van der Waals surface area contributed by atoms with Gasteiger partial charge in [0.25, 0.3) is 5.91 Å². The first-order chi connectivity index (χ1) is 7.59. The van der Waals surface area contributed by atoms with Crippen molar-refractivity contribution in [3.63, 3.8) is 0 Å². The number of hydrogen-bond acceptors (Lipinski definition) is 2. The molecule has 0 bridgehead atoms. The van der Waals surface area contributed by atoms with Gasteiger partial charge in [-0.2, -0.15) is 0 Å². The molecule has 0 saturated carbocycles. The molecule has 1 amide bonds. The van der Waals surface area contributed by atoms with Gasteiger partial charge < -0.3 is 4.90 Å². The molecule has 2 unspecified atom stereocenters. The third-order valence-electron chi connectivity index (χ3n) is 3.01. The van der Waals surface area contributed by atoms with E-state index in [1.165, 1.54) is 0 Å². The minimum Gasteiger partial charge on any atom is -0.334 e. The van der Waals surface area contributed by atoms with Crippen LogP contribution in [-0.4, -0.2) is 28.4 Å². The Bertz CT molecular complexity index is 408. The lowest BCUT2D eigenvalue weighted by Crippen LogP contribution is -2.34. The fourth-order valence-corrected chi connectivity index (χ4v) is 2.69. The lowest BCUT2D eigenvalue weighted by molar-refractivity contribution is 0.0737. The average molecular weight is 283 g/mol. The van der Waals surface area contributed by atoms with Crippen LogP contribution >= 0.6 is 15.9 Å². The number of hydrogen-bond donors (Lipinski definition) is 0. The van der Waals surface area contributed by atoms with Crippen LogP contribution in [0.2, 0.25) is 0 Å². The second-order valence-corrected chi connectivity index (χ2v) is 5.34. The van der Waals surface area contributed by atoms with E-state index >= 15 is 0 Å². The molecule has 0 N–H and O–H groups in total. The van der Waals surface area contributed by atoms with Crippen molar-refractivity contribution in [2.24, 2.45) is 5.92 Å². The summed E-state index contributed by atoms with van der Waals surface area (Å²) in [5.41, 5.74) is 0.517. The molecular weight excluding hydrogens is 268 g/mol. The molecular formula is C12H15BrN2O. The third kappa shape index (κ3) is 2.12. The number of halogens is 1. The Balaban J connectivity index is 2.23. The molecule has 1 saturated heterocycles. The first kappa shape index (κ1) is 11.6. The molecule has 0 spiro atoms. The summed E-state index contributed by atoms with van der Waals surface area (Å²) in [5, 5.41) is 0. The first-order valence-electron chi connectivity index (χ1n) is 5.51. The van der Waals surface area contributed by atoms with Crippen LogP contribution < -0.4 is 0 Å². The number of carbonyl (C=O) groups excluding carboxylic acids is 1. The van der Waals surface area contributed by atoms with Crippen molar-refractivity contribution < 1.29 is 4.79 Å². The molecule has 2 rings (SSSR count). The van der Waals surface area contributed by atoms with E-state index in [9.17, 15) is 4.79 Å². The zero-order valence-electron chi connectivity index (χ0n) is 9.48. The van der Waals surface area contributed by atoms with Crippen LogP contribution in [0.4, 0.5) is 0 Å². The van der Waals surface area contributed by atoms with Gasteiger partial charge in [-0.3, -0.25) is 4.79 Å². The molecule has 0 radical (unpaired) electrons. The summed E-state index contributed by atoms with van der Waals surface area (Å²) in [5.74, 6) is 0.616. The molecule has 1 aliphatic rings. The van der Waals surface area contributed by atoms with Gasteiger partial charge in [0.05, 0.1) is 0 Å². The number of likely N-dealkylation sites (tertiary alicyclic amines) is 1. The molecule has 1 aromatic rings. The van der Waals surface area contributed by atoms with Crippen LogP contribution in [-0.2, 0) is 0 Å². The van der Waals surface area contributed by atoms with E-state index in [1.807, 2.05) is 17.0 Å². The minimum atomic E-state index is 0.0318. The minimum absolute atomic E-state index is 0.0318. The normalized spacial score (nSPS) is 24.8. The summed E-state index contributed by atoms with van der Waals surface area (Å²) in [6, 6.07) is 3.98. The van der Waals surface area contributed by atoms with E-state index in [-0.39, 0.29) is 5.91 Å². The van der Waals surface area contributed by atoms with Crippen LogP contribution in [0.5, 0.6) is 0 Å². The maximum absolute atomic E-state index is 12.3. The van der Waals surface area contributed by atoms with Gasteiger partial charge in [0.1, 0.15) is 5.69 Å². The maximum Gasteiger partial charge on any atom is 0.273 e. The van der Waals surface area contributed by atoms with E-state index in [1.54, 1.807) is 6.20 Å². The maximum atomic E-state index is 12.3. The van der Waals surface area contributed by atoms with Crippen molar-refractivity contribution in [3.05, 3.63) is 28.5 Å². The van der Waals surface area contributed by atoms with Gasteiger partial charge in [-0.15, -0.1) is 0 Å². The fraction of sp³-hybridized carbons (Fsp3) is 0.500. The number of amides is 1. The summed E-state index contributed by atoms with van der Waals surface area (Å²) in [7, 11) is 0. The molecule has 2 heterocycles. The Hall–Kier alpha value is -0.900. The highest BCUT2D eigenvalue weighted by atomic mass is 79.9. The standard InChI is InChI=1S/C12H15BrN2O/c1-8-6-9(2)15(7-8)12(16)11-10(13)4-3-5-14-11/h3-5,8-9H,6-7H2,1-2H3. The van der Waals surface area contributed by atoms with Crippen molar-refractivity contribution in [2.75, 3.05) is 6.54 Å². The van der Waals surface area contributed by atoms with Crippen LogP contribution in [0, 0.1) is 5.92 Å². The Morgan fingerprint density at radius 2 is 2.31 bits per heavy atom. The summed E-state index contributed by atoms with van der Waals surface area (Å²) >= 11 is 3.37. The summed E-state index contributed by atoms with van der Waals surface area (Å²) in [6.45, 7) is 5.11. The third-order valence-corrected chi connectivity index (χ3v) is 3.65. The molecule has 2 atom stereocenters. The molecule has 0 aliphatic carbocycles. The van der Waals surface area contributed by atoms with Gasteiger partial charge in [0.2, 0.25) is 0 Å². The quantitative estimate of drug-likeness (QED) is 0.794. The second kappa shape index (κ2) is 4.53. The number of carbonyl (C=O) groups is 1. The highest BCUT2D eigenvalue weighted by Gasteiger charge is 2.31. The fourth-order valence-electron chi connectivity index (χ4n) is 2.26. The Morgan fingerprint density at radius 3 is 2.88 bits per heavy atom. The van der Waals surface area contributed by atoms with Gasteiger partial charge in [0.15, 0.2) is 0 Å². The average Bonchev–Trinajstić information content (AvgIpc) is 2.58. The van der Waals surface area contributed by atoms with Crippen molar-refractivity contribution in [2.45, 2.75) is 26.3 Å². The Morgan fingerprint density at radius 1 is 1.56 bits per heavy atom. The van der Waals surface area contributed by atoms with Gasteiger partial charge in [0, 0.05) is 23.3 Å². The molecule has 1 fully saturated rings. The zero-order valence-corrected chi connectivity index (χ0v) is 11.1. The van der Waals surface area contributed by atoms with E-state index in [2.05, 4.69) is 34.8 Å². The molecule has 16 heavy (non-hydrogen) atoms. The summed E-state index contributed by atoms with van der Waals surface area (Å²) in [4.78, 5) is 18.3. The Kier molecular flexibility index (Phi) is 3.28. The zero-order chi connectivity index (χ0) is 11.7. The summed E-state index contributed by atoms with van der Waals surface area (Å²) in [6.07, 6.45) is 2.73. The molecule has 86 valence electrons. The van der Waals surface area contributed by atoms with Crippen molar-refractivity contribution >= 4 is 21.8 Å². The van der Waals surface area contributed by atoms with Gasteiger partial charge in [-0.1, -0.05) is 6.92 Å². The summed E-state index contributed by atoms with van der Waals surface area (Å²) < 4.78 is 0.770. The van der Waals surface area contributed by atoms with E-state index < -0.39 is 0 Å². The SMILES string of the molecule is CC1CC(C)N(C(=O)c2ncccc2Br)C1. The van der Waals surface area contributed by atoms with E-state index in [0.29, 0.717) is 17.7 Å². The number of nitrogens with zero attached hydrogens (tertiary/aromatic N) is 2. The lowest BCUT2D eigenvalue weighted by Gasteiger charge is -2.21. The smallest absolute Gasteiger partial charge is 0.273 e. The lowest BCUT2D eigenvalue weighted by atomic mass is 10.1. The molecule has 1 aromatic heterocycles. The predicted molar refractivity (Wildman–Crippen MR) is 66.2 cm³/mol.